The number of aromatic nitrogens is 3. The topological polar surface area (TPSA) is 53.6 Å². The number of nitrogens with zero attached hydrogens (tertiary/aromatic N) is 2. The fourth-order valence-electron chi connectivity index (χ4n) is 1.81. The summed E-state index contributed by atoms with van der Waals surface area (Å²) >= 11 is 0. The summed E-state index contributed by atoms with van der Waals surface area (Å²) in [6, 6.07) is 3.83. The summed E-state index contributed by atoms with van der Waals surface area (Å²) in [5.41, 5.74) is 1.25. The van der Waals surface area contributed by atoms with Crippen LogP contribution >= 0.6 is 0 Å². The third-order valence-corrected chi connectivity index (χ3v) is 2.90. The molecule has 7 heteroatoms. The van der Waals surface area contributed by atoms with Crippen molar-refractivity contribution in [2.45, 2.75) is 25.9 Å². The number of pyridine rings is 1. The van der Waals surface area contributed by atoms with Crippen molar-refractivity contribution in [3.05, 3.63) is 41.3 Å². The summed E-state index contributed by atoms with van der Waals surface area (Å²) in [7, 11) is 0. The maximum absolute atomic E-state index is 12.5. The largest absolute Gasteiger partial charge is 0.433 e. The summed E-state index contributed by atoms with van der Waals surface area (Å²) in [4.78, 5) is 3.54. The van der Waals surface area contributed by atoms with E-state index in [9.17, 15) is 13.2 Å². The Labute approximate surface area is 114 Å². The quantitative estimate of drug-likeness (QED) is 0.829. The Bertz CT molecular complexity index is 563. The van der Waals surface area contributed by atoms with Crippen molar-refractivity contribution < 1.29 is 13.2 Å². The Kier molecular flexibility index (Phi) is 4.26. The van der Waals surface area contributed by atoms with Gasteiger partial charge in [-0.05, 0) is 37.5 Å². The Balaban J connectivity index is 1.84. The van der Waals surface area contributed by atoms with E-state index in [1.165, 1.54) is 12.1 Å². The van der Waals surface area contributed by atoms with Gasteiger partial charge in [-0.1, -0.05) is 6.07 Å². The van der Waals surface area contributed by atoms with Crippen LogP contribution < -0.4 is 5.32 Å². The fraction of sp³-hybridized carbons (Fsp3) is 0.385. The Morgan fingerprint density at radius 2 is 2.10 bits per heavy atom. The van der Waals surface area contributed by atoms with Gasteiger partial charge >= 0.3 is 6.18 Å². The number of hydrogen-bond donors (Lipinski definition) is 2. The molecule has 0 unspecified atom stereocenters. The minimum atomic E-state index is -4.41. The van der Waals surface area contributed by atoms with E-state index in [-0.39, 0.29) is 5.82 Å². The number of halogens is 3. The highest BCUT2D eigenvalue weighted by molar-refractivity contribution is 5.35. The molecule has 0 spiro atoms. The van der Waals surface area contributed by atoms with Gasteiger partial charge in [-0.25, -0.2) is 4.98 Å². The van der Waals surface area contributed by atoms with Gasteiger partial charge in [0.25, 0.3) is 0 Å². The van der Waals surface area contributed by atoms with Crippen molar-refractivity contribution in [3.63, 3.8) is 0 Å². The van der Waals surface area contributed by atoms with Crippen molar-refractivity contribution >= 4 is 5.82 Å². The molecule has 2 N–H and O–H groups in total. The van der Waals surface area contributed by atoms with Crippen molar-refractivity contribution in [2.24, 2.45) is 0 Å². The van der Waals surface area contributed by atoms with E-state index in [0.29, 0.717) is 6.54 Å². The normalized spacial score (nSPS) is 11.6. The van der Waals surface area contributed by atoms with E-state index in [2.05, 4.69) is 20.5 Å². The molecular formula is C13H15F3N4. The molecule has 2 heterocycles. The number of aromatic amines is 1. The first-order valence-corrected chi connectivity index (χ1v) is 6.24. The highest BCUT2D eigenvalue weighted by atomic mass is 19.4. The number of aryl methyl sites for hydroxylation is 2. The third kappa shape index (κ3) is 3.72. The van der Waals surface area contributed by atoms with Crippen molar-refractivity contribution in [2.75, 3.05) is 11.9 Å². The lowest BCUT2D eigenvalue weighted by Gasteiger charge is -2.09. The van der Waals surface area contributed by atoms with E-state index in [1.54, 1.807) is 6.20 Å². The van der Waals surface area contributed by atoms with Gasteiger partial charge in [0.15, 0.2) is 0 Å². The molecular weight excluding hydrogens is 269 g/mol. The molecule has 4 nitrogen and oxygen atoms in total. The van der Waals surface area contributed by atoms with Crippen molar-refractivity contribution in [1.82, 2.24) is 15.2 Å². The van der Waals surface area contributed by atoms with Gasteiger partial charge in [0.2, 0.25) is 0 Å². The summed E-state index contributed by atoms with van der Waals surface area (Å²) in [5.74, 6) is 0.240. The monoisotopic (exact) mass is 284 g/mol. The number of anilines is 1. The van der Waals surface area contributed by atoms with Gasteiger partial charge in [-0.3, -0.25) is 5.10 Å². The molecule has 2 aromatic rings. The molecule has 0 saturated carbocycles. The average molecular weight is 284 g/mol. The third-order valence-electron chi connectivity index (χ3n) is 2.90. The molecule has 108 valence electrons. The summed E-state index contributed by atoms with van der Waals surface area (Å²) < 4.78 is 37.5. The number of rotatable bonds is 5. The van der Waals surface area contributed by atoms with Crippen LogP contribution in [0, 0.1) is 6.92 Å². The first kappa shape index (κ1) is 14.4. The van der Waals surface area contributed by atoms with Crippen molar-refractivity contribution in [3.8, 4) is 0 Å². The summed E-state index contributed by atoms with van der Waals surface area (Å²) in [6.07, 6.45) is -1.05. The lowest BCUT2D eigenvalue weighted by molar-refractivity contribution is -0.141. The molecule has 20 heavy (non-hydrogen) atoms. The molecule has 0 bridgehead atoms. The number of nitrogens with one attached hydrogen (secondary N) is 2. The van der Waals surface area contributed by atoms with Gasteiger partial charge in [-0.2, -0.15) is 18.3 Å². The zero-order valence-corrected chi connectivity index (χ0v) is 11.0. The van der Waals surface area contributed by atoms with Crippen LogP contribution in [-0.2, 0) is 12.6 Å². The van der Waals surface area contributed by atoms with E-state index in [4.69, 9.17) is 0 Å². The standard InChI is InChI=1S/C13H15F3N4/c1-9-10(8-18-20-9)4-3-7-17-12-6-2-5-11(19-12)13(14,15)16/h2,5-6,8H,3-4,7H2,1H3,(H,17,19)(H,18,20). The second-order valence-corrected chi connectivity index (χ2v) is 4.46. The predicted octanol–water partition coefficient (Wildman–Crippen LogP) is 3.18. The molecule has 0 aliphatic heterocycles. The van der Waals surface area contributed by atoms with E-state index >= 15 is 0 Å². The molecule has 0 aliphatic carbocycles. The predicted molar refractivity (Wildman–Crippen MR) is 69.4 cm³/mol. The van der Waals surface area contributed by atoms with Crippen LogP contribution in [0.2, 0.25) is 0 Å². The maximum Gasteiger partial charge on any atom is 0.433 e. The SMILES string of the molecule is Cc1[nH]ncc1CCCNc1cccc(C(F)(F)F)n1. The van der Waals surface area contributed by atoms with Crippen LogP contribution in [0.15, 0.2) is 24.4 Å². The Morgan fingerprint density at radius 3 is 2.75 bits per heavy atom. The zero-order valence-electron chi connectivity index (χ0n) is 11.0. The highest BCUT2D eigenvalue weighted by Gasteiger charge is 2.32. The first-order valence-electron chi connectivity index (χ1n) is 6.24. The van der Waals surface area contributed by atoms with Crippen LogP contribution in [-0.4, -0.2) is 21.7 Å². The van der Waals surface area contributed by atoms with Crippen LogP contribution in [0.3, 0.4) is 0 Å². The van der Waals surface area contributed by atoms with Crippen LogP contribution in [0.1, 0.15) is 23.4 Å². The van der Waals surface area contributed by atoms with E-state index < -0.39 is 11.9 Å². The summed E-state index contributed by atoms with van der Waals surface area (Å²) in [6.45, 7) is 2.49. The average Bonchev–Trinajstić information content (AvgIpc) is 2.80. The molecule has 2 rings (SSSR count). The maximum atomic E-state index is 12.5. The van der Waals surface area contributed by atoms with Gasteiger partial charge < -0.3 is 5.32 Å². The lowest BCUT2D eigenvalue weighted by Crippen LogP contribution is -2.11. The second kappa shape index (κ2) is 5.94. The van der Waals surface area contributed by atoms with Crippen molar-refractivity contribution in [1.29, 1.82) is 0 Å². The molecule has 0 aromatic carbocycles. The molecule has 0 radical (unpaired) electrons. The molecule has 0 atom stereocenters. The molecule has 2 aromatic heterocycles. The first-order chi connectivity index (χ1) is 9.47. The van der Waals surface area contributed by atoms with Crippen LogP contribution in [0.4, 0.5) is 19.0 Å². The molecule has 0 aliphatic rings. The van der Waals surface area contributed by atoms with Gasteiger partial charge in [0, 0.05) is 12.2 Å². The van der Waals surface area contributed by atoms with E-state index in [1.807, 2.05) is 6.92 Å². The Hall–Kier alpha value is -2.05. The Morgan fingerprint density at radius 1 is 1.30 bits per heavy atom. The minimum Gasteiger partial charge on any atom is -0.370 e. The minimum absolute atomic E-state index is 0.240. The molecule has 0 amide bonds. The number of hydrogen-bond acceptors (Lipinski definition) is 3. The molecule has 0 fully saturated rings. The number of alkyl halides is 3. The van der Waals surface area contributed by atoms with Gasteiger partial charge in [-0.15, -0.1) is 0 Å². The smallest absolute Gasteiger partial charge is 0.370 e. The zero-order chi connectivity index (χ0) is 14.6. The fourth-order valence-corrected chi connectivity index (χ4v) is 1.81. The van der Waals surface area contributed by atoms with Gasteiger partial charge in [0.1, 0.15) is 11.5 Å². The molecule has 0 saturated heterocycles. The highest BCUT2D eigenvalue weighted by Crippen LogP contribution is 2.28. The number of H-pyrrole nitrogens is 1. The van der Waals surface area contributed by atoms with E-state index in [0.717, 1.165) is 30.2 Å². The van der Waals surface area contributed by atoms with Crippen LogP contribution in [0.5, 0.6) is 0 Å². The lowest BCUT2D eigenvalue weighted by atomic mass is 10.1. The van der Waals surface area contributed by atoms with Gasteiger partial charge in [0.05, 0.1) is 6.20 Å². The second-order valence-electron chi connectivity index (χ2n) is 4.46. The van der Waals surface area contributed by atoms with Crippen LogP contribution in [0.25, 0.3) is 0 Å². The summed E-state index contributed by atoms with van der Waals surface area (Å²) in [5, 5.41) is 9.66.